The first kappa shape index (κ1) is 12.6. The van der Waals surface area contributed by atoms with Gasteiger partial charge in [0.05, 0.1) is 0 Å². The number of nitrogens with zero attached hydrogens (tertiary/aromatic N) is 2. The van der Waals surface area contributed by atoms with E-state index < -0.39 is 0 Å². The number of hydrogen-bond donors (Lipinski definition) is 1. The minimum absolute atomic E-state index is 0.515. The van der Waals surface area contributed by atoms with Crippen LogP contribution in [0.4, 0.5) is 5.82 Å². The molecule has 1 aliphatic carbocycles. The van der Waals surface area contributed by atoms with E-state index in [1.165, 1.54) is 19.2 Å². The van der Waals surface area contributed by atoms with Gasteiger partial charge >= 0.3 is 0 Å². The summed E-state index contributed by atoms with van der Waals surface area (Å²) in [5.41, 5.74) is 1.03. The van der Waals surface area contributed by atoms with Crippen molar-refractivity contribution in [3.8, 4) is 0 Å². The van der Waals surface area contributed by atoms with E-state index in [0.717, 1.165) is 23.7 Å². The van der Waals surface area contributed by atoms with E-state index in [1.807, 2.05) is 0 Å². The fraction of sp³-hybridized carbons (Fsp3) is 0.692. The Kier molecular flexibility index (Phi) is 3.87. The van der Waals surface area contributed by atoms with Gasteiger partial charge in [0.25, 0.3) is 0 Å². The van der Waals surface area contributed by atoms with Gasteiger partial charge in [-0.2, -0.15) is 0 Å². The molecule has 3 unspecified atom stereocenters. The highest BCUT2D eigenvalue weighted by Crippen LogP contribution is 2.34. The maximum Gasteiger partial charge on any atom is 0.137 e. The molecule has 1 aromatic rings. The summed E-state index contributed by atoms with van der Waals surface area (Å²) in [7, 11) is 0. The van der Waals surface area contributed by atoms with Crippen molar-refractivity contribution < 1.29 is 0 Å². The lowest BCUT2D eigenvalue weighted by Crippen LogP contribution is -2.25. The smallest absolute Gasteiger partial charge is 0.137 e. The largest absolute Gasteiger partial charge is 0.367 e. The van der Waals surface area contributed by atoms with Gasteiger partial charge in [0.15, 0.2) is 0 Å². The molecular weight excluding hydrogens is 234 g/mol. The van der Waals surface area contributed by atoms with Gasteiger partial charge in [-0.25, -0.2) is 9.97 Å². The van der Waals surface area contributed by atoms with Crippen LogP contribution in [0, 0.1) is 11.8 Å². The predicted molar refractivity (Wildman–Crippen MR) is 71.4 cm³/mol. The summed E-state index contributed by atoms with van der Waals surface area (Å²) < 4.78 is 0. The van der Waals surface area contributed by atoms with E-state index >= 15 is 0 Å². The lowest BCUT2D eigenvalue weighted by molar-refractivity contribution is 0.435. The molecule has 2 rings (SSSR count). The van der Waals surface area contributed by atoms with Crippen molar-refractivity contribution in [2.75, 3.05) is 5.32 Å². The van der Waals surface area contributed by atoms with E-state index in [2.05, 4.69) is 36.1 Å². The number of halogens is 1. The maximum atomic E-state index is 6.09. The van der Waals surface area contributed by atoms with Gasteiger partial charge in [-0.05, 0) is 31.1 Å². The molecule has 0 amide bonds. The lowest BCUT2D eigenvalue weighted by atomic mass is 9.98. The fourth-order valence-electron chi connectivity index (χ4n) is 2.57. The van der Waals surface area contributed by atoms with Crippen LogP contribution in [-0.4, -0.2) is 16.0 Å². The SMILES string of the molecule is CCc1c(Cl)ncnc1NC1CCC(C)C1C. The Morgan fingerprint density at radius 3 is 2.71 bits per heavy atom. The zero-order chi connectivity index (χ0) is 12.4. The zero-order valence-electron chi connectivity index (χ0n) is 10.7. The number of nitrogens with one attached hydrogen (secondary N) is 1. The molecule has 0 aliphatic heterocycles. The van der Waals surface area contributed by atoms with Crippen molar-refractivity contribution >= 4 is 17.4 Å². The minimum Gasteiger partial charge on any atom is -0.367 e. The summed E-state index contributed by atoms with van der Waals surface area (Å²) in [5, 5.41) is 4.12. The highest BCUT2D eigenvalue weighted by molar-refractivity contribution is 6.30. The third kappa shape index (κ3) is 2.54. The first-order chi connectivity index (χ1) is 8.13. The standard InChI is InChI=1S/C13H20ClN3/c1-4-10-12(14)15-7-16-13(10)17-11-6-5-8(2)9(11)3/h7-9,11H,4-6H2,1-3H3,(H,15,16,17). The number of hydrogen-bond acceptors (Lipinski definition) is 3. The summed E-state index contributed by atoms with van der Waals surface area (Å²) in [6.07, 6.45) is 4.90. The van der Waals surface area contributed by atoms with Gasteiger partial charge in [-0.3, -0.25) is 0 Å². The molecule has 1 fully saturated rings. The molecule has 0 spiro atoms. The Bertz CT molecular complexity index is 394. The molecular formula is C13H20ClN3. The first-order valence-electron chi connectivity index (χ1n) is 6.39. The quantitative estimate of drug-likeness (QED) is 0.838. The van der Waals surface area contributed by atoms with Crippen molar-refractivity contribution in [2.24, 2.45) is 11.8 Å². The molecule has 1 aromatic heterocycles. The van der Waals surface area contributed by atoms with Crippen LogP contribution in [0.1, 0.15) is 39.2 Å². The highest BCUT2D eigenvalue weighted by Gasteiger charge is 2.30. The number of aromatic nitrogens is 2. The molecule has 0 saturated heterocycles. The van der Waals surface area contributed by atoms with Crippen LogP contribution in [0.25, 0.3) is 0 Å². The van der Waals surface area contributed by atoms with E-state index in [4.69, 9.17) is 11.6 Å². The Morgan fingerprint density at radius 1 is 1.35 bits per heavy atom. The van der Waals surface area contributed by atoms with Crippen LogP contribution in [0.2, 0.25) is 5.15 Å². The van der Waals surface area contributed by atoms with Gasteiger partial charge < -0.3 is 5.32 Å². The summed E-state index contributed by atoms with van der Waals surface area (Å²) in [6.45, 7) is 6.71. The van der Waals surface area contributed by atoms with Crippen molar-refractivity contribution in [1.82, 2.24) is 9.97 Å². The molecule has 94 valence electrons. The second kappa shape index (κ2) is 5.21. The molecule has 1 heterocycles. The number of rotatable bonds is 3. The third-order valence-electron chi connectivity index (χ3n) is 4.03. The van der Waals surface area contributed by atoms with Crippen LogP contribution < -0.4 is 5.32 Å². The Hall–Kier alpha value is -0.830. The monoisotopic (exact) mass is 253 g/mol. The van der Waals surface area contributed by atoms with Crippen molar-refractivity contribution in [3.63, 3.8) is 0 Å². The highest BCUT2D eigenvalue weighted by atomic mass is 35.5. The van der Waals surface area contributed by atoms with Crippen LogP contribution in [-0.2, 0) is 6.42 Å². The summed E-state index contributed by atoms with van der Waals surface area (Å²) in [6, 6.07) is 0.515. The van der Waals surface area contributed by atoms with Crippen LogP contribution >= 0.6 is 11.6 Å². The van der Waals surface area contributed by atoms with Crippen molar-refractivity contribution in [2.45, 2.75) is 46.1 Å². The summed E-state index contributed by atoms with van der Waals surface area (Å²) in [4.78, 5) is 8.36. The fourth-order valence-corrected chi connectivity index (χ4v) is 2.84. The van der Waals surface area contributed by atoms with E-state index in [9.17, 15) is 0 Å². The molecule has 3 atom stereocenters. The molecule has 0 aromatic carbocycles. The Morgan fingerprint density at radius 2 is 2.12 bits per heavy atom. The molecule has 0 radical (unpaired) electrons. The van der Waals surface area contributed by atoms with Crippen molar-refractivity contribution in [1.29, 1.82) is 0 Å². The van der Waals surface area contributed by atoms with Gasteiger partial charge in [-0.15, -0.1) is 0 Å². The molecule has 3 nitrogen and oxygen atoms in total. The van der Waals surface area contributed by atoms with Crippen LogP contribution in [0.3, 0.4) is 0 Å². The van der Waals surface area contributed by atoms with Gasteiger partial charge in [0.2, 0.25) is 0 Å². The average molecular weight is 254 g/mol. The van der Waals surface area contributed by atoms with Crippen LogP contribution in [0.15, 0.2) is 6.33 Å². The zero-order valence-corrected chi connectivity index (χ0v) is 11.5. The molecule has 1 N–H and O–H groups in total. The minimum atomic E-state index is 0.515. The second-order valence-corrected chi connectivity index (χ2v) is 5.37. The van der Waals surface area contributed by atoms with E-state index in [-0.39, 0.29) is 0 Å². The van der Waals surface area contributed by atoms with Gasteiger partial charge in [0, 0.05) is 11.6 Å². The lowest BCUT2D eigenvalue weighted by Gasteiger charge is -2.21. The maximum absolute atomic E-state index is 6.09. The Labute approximate surface area is 108 Å². The number of anilines is 1. The predicted octanol–water partition coefficient (Wildman–Crippen LogP) is 3.54. The van der Waals surface area contributed by atoms with E-state index in [0.29, 0.717) is 17.1 Å². The normalized spacial score (nSPS) is 28.4. The van der Waals surface area contributed by atoms with E-state index in [1.54, 1.807) is 0 Å². The second-order valence-electron chi connectivity index (χ2n) is 5.01. The molecule has 1 aliphatic rings. The van der Waals surface area contributed by atoms with Gasteiger partial charge in [-0.1, -0.05) is 32.4 Å². The Balaban J connectivity index is 2.16. The van der Waals surface area contributed by atoms with Gasteiger partial charge in [0.1, 0.15) is 17.3 Å². The molecule has 0 bridgehead atoms. The third-order valence-corrected chi connectivity index (χ3v) is 4.36. The summed E-state index contributed by atoms with van der Waals surface area (Å²) >= 11 is 6.09. The van der Waals surface area contributed by atoms with Crippen LogP contribution in [0.5, 0.6) is 0 Å². The molecule has 17 heavy (non-hydrogen) atoms. The van der Waals surface area contributed by atoms with Crippen molar-refractivity contribution in [3.05, 3.63) is 17.0 Å². The average Bonchev–Trinajstić information content (AvgIpc) is 2.61. The summed E-state index contributed by atoms with van der Waals surface area (Å²) in [5.74, 6) is 2.39. The molecule has 4 heteroatoms. The molecule has 1 saturated carbocycles. The first-order valence-corrected chi connectivity index (χ1v) is 6.77. The topological polar surface area (TPSA) is 37.8 Å².